The Kier molecular flexibility index (Phi) is 11.6. The minimum Gasteiger partial charge on any atom is -0.383 e. The number of hydrogen-bond donors (Lipinski definition) is 1. The van der Waals surface area contributed by atoms with E-state index in [1.54, 1.807) is 18.5 Å². The zero-order chi connectivity index (χ0) is 15.7. The van der Waals surface area contributed by atoms with Gasteiger partial charge in [-0.25, -0.2) is 0 Å². The van der Waals surface area contributed by atoms with Crippen molar-refractivity contribution in [1.29, 1.82) is 0 Å². The van der Waals surface area contributed by atoms with E-state index in [4.69, 9.17) is 9.47 Å². The van der Waals surface area contributed by atoms with E-state index in [0.29, 0.717) is 45.3 Å². The van der Waals surface area contributed by atoms with Crippen LogP contribution in [0.15, 0.2) is 0 Å². The van der Waals surface area contributed by atoms with Gasteiger partial charge >= 0.3 is 0 Å². The van der Waals surface area contributed by atoms with E-state index in [9.17, 15) is 8.42 Å². The molecule has 0 aromatic heterocycles. The van der Waals surface area contributed by atoms with E-state index in [1.165, 1.54) is 4.31 Å². The molecule has 0 atom stereocenters. The van der Waals surface area contributed by atoms with Crippen LogP contribution in [0.3, 0.4) is 0 Å². The van der Waals surface area contributed by atoms with E-state index < -0.39 is 10.2 Å². The molecule has 1 fully saturated rings. The van der Waals surface area contributed by atoms with Gasteiger partial charge in [0.05, 0.1) is 13.2 Å². The minimum absolute atomic E-state index is 0. The van der Waals surface area contributed by atoms with Gasteiger partial charge in [-0.15, -0.1) is 12.4 Å². The molecule has 1 saturated heterocycles. The molecule has 0 aromatic rings. The van der Waals surface area contributed by atoms with Crippen molar-refractivity contribution < 1.29 is 17.9 Å². The fourth-order valence-corrected chi connectivity index (χ4v) is 4.13. The first-order valence-corrected chi connectivity index (χ1v) is 8.83. The van der Waals surface area contributed by atoms with Crippen LogP contribution in [0.1, 0.15) is 12.8 Å². The molecule has 1 N–H and O–H groups in total. The maximum atomic E-state index is 12.7. The van der Waals surface area contributed by atoms with Crippen molar-refractivity contribution in [3.8, 4) is 0 Å². The van der Waals surface area contributed by atoms with Crippen molar-refractivity contribution in [2.75, 3.05) is 67.2 Å². The van der Waals surface area contributed by atoms with Crippen LogP contribution >= 0.6 is 12.4 Å². The van der Waals surface area contributed by atoms with E-state index in [2.05, 4.69) is 5.32 Å². The first-order chi connectivity index (χ1) is 10.1. The third kappa shape index (κ3) is 6.66. The first-order valence-electron chi connectivity index (χ1n) is 7.44. The van der Waals surface area contributed by atoms with Crippen molar-refractivity contribution in [3.63, 3.8) is 0 Å². The molecule has 22 heavy (non-hydrogen) atoms. The topological polar surface area (TPSA) is 71.1 Å². The molecule has 0 unspecified atom stereocenters. The van der Waals surface area contributed by atoms with Crippen LogP contribution in [-0.2, 0) is 19.7 Å². The second kappa shape index (κ2) is 11.6. The fraction of sp³-hybridized carbons (Fsp3) is 1.00. The molecular formula is C13H30ClN3O4S. The summed E-state index contributed by atoms with van der Waals surface area (Å²) < 4.78 is 38.4. The summed E-state index contributed by atoms with van der Waals surface area (Å²) in [5.41, 5.74) is 0. The Morgan fingerprint density at radius 3 is 2.05 bits per heavy atom. The number of rotatable bonds is 10. The van der Waals surface area contributed by atoms with Gasteiger partial charge in [-0.1, -0.05) is 0 Å². The monoisotopic (exact) mass is 359 g/mol. The highest BCUT2D eigenvalue weighted by Crippen LogP contribution is 2.20. The second-order valence-electron chi connectivity index (χ2n) is 5.29. The van der Waals surface area contributed by atoms with Crippen molar-refractivity contribution >= 4 is 22.6 Å². The van der Waals surface area contributed by atoms with Gasteiger partial charge in [0.1, 0.15) is 0 Å². The van der Waals surface area contributed by atoms with E-state index in [-0.39, 0.29) is 12.4 Å². The standard InChI is InChI=1S/C13H29N3O4S.ClH/c1-14-12-13-4-6-15(7-5-13)21(17,18)16(8-10-19-2)9-11-20-3;/h13-14H,4-12H2,1-3H3;1H. The van der Waals surface area contributed by atoms with Crippen molar-refractivity contribution in [2.24, 2.45) is 5.92 Å². The average Bonchev–Trinajstić information content (AvgIpc) is 2.48. The molecular weight excluding hydrogens is 330 g/mol. The Bertz CT molecular complexity index is 367. The van der Waals surface area contributed by atoms with Gasteiger partial charge < -0.3 is 14.8 Å². The van der Waals surface area contributed by atoms with Crippen LogP contribution in [0, 0.1) is 5.92 Å². The summed E-state index contributed by atoms with van der Waals surface area (Å²) in [6.45, 7) is 3.62. The molecule has 134 valence electrons. The number of halogens is 1. The Balaban J connectivity index is 0.00000441. The van der Waals surface area contributed by atoms with Crippen molar-refractivity contribution in [2.45, 2.75) is 12.8 Å². The van der Waals surface area contributed by atoms with Crippen LogP contribution in [-0.4, -0.2) is 84.2 Å². The van der Waals surface area contributed by atoms with E-state index in [1.807, 2.05) is 7.05 Å². The quantitative estimate of drug-likeness (QED) is 0.602. The normalized spacial score (nSPS) is 17.6. The van der Waals surface area contributed by atoms with Crippen LogP contribution in [0.5, 0.6) is 0 Å². The summed E-state index contributed by atoms with van der Waals surface area (Å²) in [5.74, 6) is 0.563. The summed E-state index contributed by atoms with van der Waals surface area (Å²) in [6.07, 6.45) is 1.81. The number of nitrogens with zero attached hydrogens (tertiary/aromatic N) is 2. The smallest absolute Gasteiger partial charge is 0.282 e. The molecule has 0 amide bonds. The molecule has 7 nitrogen and oxygen atoms in total. The Morgan fingerprint density at radius 1 is 1.14 bits per heavy atom. The molecule has 1 heterocycles. The fourth-order valence-electron chi connectivity index (χ4n) is 2.52. The highest BCUT2D eigenvalue weighted by Gasteiger charge is 2.32. The lowest BCUT2D eigenvalue weighted by Crippen LogP contribution is -2.49. The summed E-state index contributed by atoms with van der Waals surface area (Å²) in [6, 6.07) is 0. The maximum absolute atomic E-state index is 12.7. The van der Waals surface area contributed by atoms with Crippen LogP contribution in [0.2, 0.25) is 0 Å². The highest BCUT2D eigenvalue weighted by atomic mass is 35.5. The first kappa shape index (κ1) is 22.0. The summed E-state index contributed by atoms with van der Waals surface area (Å²) in [5, 5.41) is 3.16. The zero-order valence-electron chi connectivity index (χ0n) is 13.8. The maximum Gasteiger partial charge on any atom is 0.282 e. The molecule has 0 aromatic carbocycles. The van der Waals surface area contributed by atoms with Gasteiger partial charge in [0, 0.05) is 40.4 Å². The minimum atomic E-state index is -3.42. The molecule has 0 spiro atoms. The number of hydrogen-bond acceptors (Lipinski definition) is 5. The Hall–Kier alpha value is 0.0400. The summed E-state index contributed by atoms with van der Waals surface area (Å²) in [7, 11) is 1.66. The molecule has 1 rings (SSSR count). The van der Waals surface area contributed by atoms with Crippen LogP contribution in [0.4, 0.5) is 0 Å². The van der Waals surface area contributed by atoms with Gasteiger partial charge in [-0.3, -0.25) is 0 Å². The number of ether oxygens (including phenoxy) is 2. The molecule has 0 aliphatic carbocycles. The van der Waals surface area contributed by atoms with Gasteiger partial charge in [0.15, 0.2) is 0 Å². The molecule has 1 aliphatic rings. The highest BCUT2D eigenvalue weighted by molar-refractivity contribution is 7.86. The molecule has 0 bridgehead atoms. The van der Waals surface area contributed by atoms with Crippen molar-refractivity contribution in [3.05, 3.63) is 0 Å². The predicted molar refractivity (Wildman–Crippen MR) is 89.7 cm³/mol. The number of nitrogens with one attached hydrogen (secondary N) is 1. The zero-order valence-corrected chi connectivity index (χ0v) is 15.4. The SMILES string of the molecule is CNCC1CCN(S(=O)(=O)N(CCOC)CCOC)CC1.Cl. The largest absolute Gasteiger partial charge is 0.383 e. The summed E-state index contributed by atoms with van der Waals surface area (Å²) in [4.78, 5) is 0. The van der Waals surface area contributed by atoms with Gasteiger partial charge in [-0.05, 0) is 32.4 Å². The van der Waals surface area contributed by atoms with Gasteiger partial charge in [-0.2, -0.15) is 17.0 Å². The van der Waals surface area contributed by atoms with Crippen LogP contribution in [0.25, 0.3) is 0 Å². The van der Waals surface area contributed by atoms with E-state index >= 15 is 0 Å². The van der Waals surface area contributed by atoms with Crippen molar-refractivity contribution in [1.82, 2.24) is 13.9 Å². The predicted octanol–water partition coefficient (Wildman–Crippen LogP) is 0.179. The molecule has 0 radical (unpaired) electrons. The number of methoxy groups -OCH3 is 2. The molecule has 9 heteroatoms. The second-order valence-corrected chi connectivity index (χ2v) is 7.22. The lowest BCUT2D eigenvalue weighted by Gasteiger charge is -2.34. The number of piperidine rings is 1. The lowest BCUT2D eigenvalue weighted by atomic mass is 9.98. The molecule has 1 aliphatic heterocycles. The lowest BCUT2D eigenvalue weighted by molar-refractivity contribution is 0.144. The molecule has 0 saturated carbocycles. The summed E-state index contributed by atoms with van der Waals surface area (Å²) >= 11 is 0. The van der Waals surface area contributed by atoms with Gasteiger partial charge in [0.2, 0.25) is 0 Å². The Morgan fingerprint density at radius 2 is 1.64 bits per heavy atom. The average molecular weight is 360 g/mol. The van der Waals surface area contributed by atoms with Crippen LogP contribution < -0.4 is 5.32 Å². The van der Waals surface area contributed by atoms with E-state index in [0.717, 1.165) is 19.4 Å². The third-order valence-corrected chi connectivity index (χ3v) is 5.84. The Labute approximate surface area is 140 Å². The van der Waals surface area contributed by atoms with Gasteiger partial charge in [0.25, 0.3) is 10.2 Å². The third-order valence-electron chi connectivity index (χ3n) is 3.81.